The number of para-hydroxylation sites is 1. The maximum Gasteiger partial charge on any atom is 0.339 e. The molecule has 0 aliphatic heterocycles. The predicted octanol–water partition coefficient (Wildman–Crippen LogP) is 4.09. The van der Waals surface area contributed by atoms with Gasteiger partial charge in [0.2, 0.25) is 0 Å². The van der Waals surface area contributed by atoms with E-state index in [9.17, 15) is 4.79 Å². The van der Waals surface area contributed by atoms with Gasteiger partial charge in [0.1, 0.15) is 0 Å². The van der Waals surface area contributed by atoms with E-state index in [1.54, 1.807) is 12.3 Å². The maximum atomic E-state index is 11.8. The Bertz CT molecular complexity index is 841. The first-order valence-electron chi connectivity index (χ1n) is 6.64. The van der Waals surface area contributed by atoms with Gasteiger partial charge in [0.25, 0.3) is 0 Å². The number of aromatic amines is 1. The molecule has 3 rings (SSSR count). The number of benzene rings is 2. The van der Waals surface area contributed by atoms with E-state index in [0.29, 0.717) is 5.69 Å². The minimum Gasteiger partial charge on any atom is -0.361 e. The van der Waals surface area contributed by atoms with Crippen LogP contribution in [0.3, 0.4) is 0 Å². The number of hydrazone groups is 1. The number of halogens is 1. The van der Waals surface area contributed by atoms with E-state index in [2.05, 4.69) is 36.8 Å². The van der Waals surface area contributed by atoms with Crippen LogP contribution in [0.4, 0.5) is 10.5 Å². The molecule has 0 saturated heterocycles. The lowest BCUT2D eigenvalue weighted by molar-refractivity contribution is 0.252. The van der Waals surface area contributed by atoms with E-state index >= 15 is 0 Å². The third kappa shape index (κ3) is 3.35. The molecule has 0 aliphatic carbocycles. The van der Waals surface area contributed by atoms with Gasteiger partial charge in [0, 0.05) is 32.8 Å². The Morgan fingerprint density at radius 2 is 2.05 bits per heavy atom. The number of nitrogens with zero attached hydrogens (tertiary/aromatic N) is 1. The Balaban J connectivity index is 1.63. The summed E-state index contributed by atoms with van der Waals surface area (Å²) in [5.41, 5.74) is 5.08. The highest BCUT2D eigenvalue weighted by Crippen LogP contribution is 2.16. The standard InChI is InChI=1S/C16H13BrN4O/c17-12-4-3-5-13(8-12)20-16(22)21-19-10-11-9-18-15-7-2-1-6-14(11)15/h1-10,18H,(H2,20,21,22). The summed E-state index contributed by atoms with van der Waals surface area (Å²) in [6.07, 6.45) is 3.46. The summed E-state index contributed by atoms with van der Waals surface area (Å²) >= 11 is 3.35. The quantitative estimate of drug-likeness (QED) is 0.480. The molecule has 2 aromatic carbocycles. The van der Waals surface area contributed by atoms with Crippen molar-refractivity contribution < 1.29 is 4.79 Å². The second-order valence-corrected chi connectivity index (χ2v) is 5.54. The molecule has 0 spiro atoms. The monoisotopic (exact) mass is 356 g/mol. The van der Waals surface area contributed by atoms with Crippen LogP contribution in [-0.4, -0.2) is 17.2 Å². The third-order valence-electron chi connectivity index (χ3n) is 3.07. The van der Waals surface area contributed by atoms with Gasteiger partial charge in [0.05, 0.1) is 6.21 Å². The van der Waals surface area contributed by atoms with Crippen LogP contribution in [0, 0.1) is 0 Å². The second-order valence-electron chi connectivity index (χ2n) is 4.62. The molecular weight excluding hydrogens is 344 g/mol. The first-order chi connectivity index (χ1) is 10.7. The SMILES string of the molecule is O=C(NN=Cc1c[nH]c2ccccc12)Nc1cccc(Br)c1. The van der Waals surface area contributed by atoms with Crippen molar-refractivity contribution in [2.45, 2.75) is 0 Å². The zero-order valence-corrected chi connectivity index (χ0v) is 13.1. The molecule has 0 bridgehead atoms. The lowest BCUT2D eigenvalue weighted by Crippen LogP contribution is -2.24. The number of nitrogens with one attached hydrogen (secondary N) is 3. The van der Waals surface area contributed by atoms with Gasteiger partial charge in [0.15, 0.2) is 0 Å². The van der Waals surface area contributed by atoms with E-state index in [4.69, 9.17) is 0 Å². The van der Waals surface area contributed by atoms with Crippen molar-refractivity contribution in [2.24, 2.45) is 5.10 Å². The number of anilines is 1. The topological polar surface area (TPSA) is 69.3 Å². The molecule has 0 aliphatic rings. The summed E-state index contributed by atoms with van der Waals surface area (Å²) < 4.78 is 0.896. The molecule has 110 valence electrons. The molecule has 5 nitrogen and oxygen atoms in total. The van der Waals surface area contributed by atoms with Gasteiger partial charge in [-0.3, -0.25) is 0 Å². The van der Waals surface area contributed by atoms with Crippen LogP contribution in [-0.2, 0) is 0 Å². The fourth-order valence-electron chi connectivity index (χ4n) is 2.09. The van der Waals surface area contributed by atoms with Gasteiger partial charge in [-0.1, -0.05) is 40.2 Å². The van der Waals surface area contributed by atoms with E-state index in [1.165, 1.54) is 0 Å². The number of urea groups is 1. The zero-order valence-electron chi connectivity index (χ0n) is 11.5. The van der Waals surface area contributed by atoms with Crippen molar-refractivity contribution in [3.63, 3.8) is 0 Å². The molecule has 0 radical (unpaired) electrons. The van der Waals surface area contributed by atoms with Crippen LogP contribution < -0.4 is 10.7 Å². The summed E-state index contributed by atoms with van der Waals surface area (Å²) in [6, 6.07) is 14.8. The van der Waals surface area contributed by atoms with E-state index in [1.807, 2.05) is 48.7 Å². The molecular formula is C16H13BrN4O. The average Bonchev–Trinajstić information content (AvgIpc) is 2.91. The molecule has 0 fully saturated rings. The zero-order chi connectivity index (χ0) is 15.4. The summed E-state index contributed by atoms with van der Waals surface area (Å²) in [7, 11) is 0. The molecule has 0 saturated carbocycles. The molecule has 1 heterocycles. The number of hydrogen-bond acceptors (Lipinski definition) is 2. The van der Waals surface area contributed by atoms with Gasteiger partial charge in [-0.05, 0) is 24.3 Å². The molecule has 6 heteroatoms. The Morgan fingerprint density at radius 1 is 1.18 bits per heavy atom. The van der Waals surface area contributed by atoms with Crippen LogP contribution in [0.2, 0.25) is 0 Å². The highest BCUT2D eigenvalue weighted by Gasteiger charge is 2.02. The molecule has 2 amide bonds. The number of hydrogen-bond donors (Lipinski definition) is 3. The lowest BCUT2D eigenvalue weighted by atomic mass is 10.2. The Hall–Kier alpha value is -2.60. The molecule has 3 aromatic rings. The van der Waals surface area contributed by atoms with Gasteiger partial charge in [-0.15, -0.1) is 0 Å². The minimum atomic E-state index is -0.394. The minimum absolute atomic E-state index is 0.394. The van der Waals surface area contributed by atoms with Gasteiger partial charge in [-0.25, -0.2) is 10.2 Å². The summed E-state index contributed by atoms with van der Waals surface area (Å²) in [5.74, 6) is 0. The maximum absolute atomic E-state index is 11.8. The average molecular weight is 357 g/mol. The fourth-order valence-corrected chi connectivity index (χ4v) is 2.49. The predicted molar refractivity (Wildman–Crippen MR) is 92.2 cm³/mol. The van der Waals surface area contributed by atoms with E-state index in [0.717, 1.165) is 20.9 Å². The molecule has 22 heavy (non-hydrogen) atoms. The van der Waals surface area contributed by atoms with E-state index < -0.39 is 6.03 Å². The summed E-state index contributed by atoms with van der Waals surface area (Å²) in [4.78, 5) is 14.9. The first-order valence-corrected chi connectivity index (χ1v) is 7.43. The number of aromatic nitrogens is 1. The normalized spacial score (nSPS) is 11.0. The number of H-pyrrole nitrogens is 1. The summed E-state index contributed by atoms with van der Waals surface area (Å²) in [6.45, 7) is 0. The largest absolute Gasteiger partial charge is 0.361 e. The first kappa shape index (κ1) is 14.3. The van der Waals surface area contributed by atoms with Gasteiger partial charge >= 0.3 is 6.03 Å². The van der Waals surface area contributed by atoms with Crippen LogP contribution in [0.5, 0.6) is 0 Å². The highest BCUT2D eigenvalue weighted by molar-refractivity contribution is 9.10. The number of amides is 2. The Labute approximate surface area is 135 Å². The smallest absolute Gasteiger partial charge is 0.339 e. The fraction of sp³-hybridized carbons (Fsp3) is 0. The Kier molecular flexibility index (Phi) is 4.20. The summed E-state index contributed by atoms with van der Waals surface area (Å²) in [5, 5.41) is 7.72. The molecule has 1 aromatic heterocycles. The number of rotatable bonds is 3. The van der Waals surface area contributed by atoms with Crippen LogP contribution in [0.15, 0.2) is 64.3 Å². The number of carbonyl (C=O) groups excluding carboxylic acids is 1. The van der Waals surface area contributed by atoms with Crippen LogP contribution in [0.25, 0.3) is 10.9 Å². The van der Waals surface area contributed by atoms with Crippen LogP contribution in [0.1, 0.15) is 5.56 Å². The van der Waals surface area contributed by atoms with Gasteiger partial charge in [-0.2, -0.15) is 5.10 Å². The Morgan fingerprint density at radius 3 is 2.91 bits per heavy atom. The molecule has 0 unspecified atom stereocenters. The van der Waals surface area contributed by atoms with Crippen LogP contribution >= 0.6 is 15.9 Å². The van der Waals surface area contributed by atoms with Crippen molar-refractivity contribution in [1.82, 2.24) is 10.4 Å². The van der Waals surface area contributed by atoms with Crippen molar-refractivity contribution in [1.29, 1.82) is 0 Å². The number of carbonyl (C=O) groups is 1. The van der Waals surface area contributed by atoms with Crippen molar-refractivity contribution in [3.05, 3.63) is 64.8 Å². The lowest BCUT2D eigenvalue weighted by Gasteiger charge is -2.04. The third-order valence-corrected chi connectivity index (χ3v) is 3.57. The van der Waals surface area contributed by atoms with E-state index in [-0.39, 0.29) is 0 Å². The van der Waals surface area contributed by atoms with Crippen molar-refractivity contribution >= 4 is 44.8 Å². The van der Waals surface area contributed by atoms with Crippen molar-refractivity contribution in [2.75, 3.05) is 5.32 Å². The molecule has 3 N–H and O–H groups in total. The number of fused-ring (bicyclic) bond motifs is 1. The second kappa shape index (κ2) is 6.44. The highest BCUT2D eigenvalue weighted by atomic mass is 79.9. The molecule has 0 atom stereocenters. The van der Waals surface area contributed by atoms with Crippen molar-refractivity contribution in [3.8, 4) is 0 Å². The van der Waals surface area contributed by atoms with Gasteiger partial charge < -0.3 is 10.3 Å².